The number of pyridine rings is 1. The van der Waals surface area contributed by atoms with Crippen molar-refractivity contribution >= 4 is 29.3 Å². The van der Waals surface area contributed by atoms with Crippen molar-refractivity contribution in [2.75, 3.05) is 57.4 Å². The Morgan fingerprint density at radius 2 is 1.65 bits per heavy atom. The zero-order valence-electron chi connectivity index (χ0n) is 29.5. The minimum Gasteiger partial charge on any atom is -0.444 e. The van der Waals surface area contributed by atoms with Crippen LogP contribution in [-0.2, 0) is 14.3 Å². The van der Waals surface area contributed by atoms with Crippen molar-refractivity contribution in [3.05, 3.63) is 88.9 Å². The first-order chi connectivity index (χ1) is 24.4. The van der Waals surface area contributed by atoms with Gasteiger partial charge in [-0.15, -0.1) is 0 Å². The molecule has 3 amide bonds. The van der Waals surface area contributed by atoms with Gasteiger partial charge in [0.2, 0.25) is 5.91 Å². The Morgan fingerprint density at radius 3 is 2.25 bits per heavy atom. The van der Waals surface area contributed by atoms with Crippen LogP contribution in [0.1, 0.15) is 73.9 Å². The number of aromatic nitrogens is 3. The van der Waals surface area contributed by atoms with E-state index >= 15 is 0 Å². The van der Waals surface area contributed by atoms with Crippen LogP contribution in [0.2, 0.25) is 0 Å². The molecule has 1 N–H and O–H groups in total. The molecule has 0 bridgehead atoms. The molecule has 1 aliphatic carbocycles. The number of nitrogens with one attached hydrogen (secondary N) is 1. The van der Waals surface area contributed by atoms with E-state index in [-0.39, 0.29) is 41.0 Å². The summed E-state index contributed by atoms with van der Waals surface area (Å²) in [6.07, 6.45) is 5.68. The van der Waals surface area contributed by atoms with Crippen molar-refractivity contribution in [1.29, 1.82) is 0 Å². The number of amides is 3. The van der Waals surface area contributed by atoms with Gasteiger partial charge in [0.25, 0.3) is 5.91 Å². The first-order valence-electron chi connectivity index (χ1n) is 17.5. The lowest BCUT2D eigenvalue weighted by molar-refractivity contribution is -0.150. The third kappa shape index (κ3) is 7.44. The van der Waals surface area contributed by atoms with Crippen molar-refractivity contribution in [1.82, 2.24) is 30.1 Å². The molecule has 2 aromatic heterocycles. The lowest BCUT2D eigenvalue weighted by Gasteiger charge is -2.57. The molecule has 5 heterocycles. The summed E-state index contributed by atoms with van der Waals surface area (Å²) >= 11 is 0. The molecule has 1 saturated carbocycles. The second kappa shape index (κ2) is 13.7. The number of rotatable bonds is 7. The summed E-state index contributed by atoms with van der Waals surface area (Å²) < 4.78 is 24.6. The number of nitrogens with zero attached hydrogens (tertiary/aromatic N) is 6. The first-order valence-corrected chi connectivity index (χ1v) is 17.5. The summed E-state index contributed by atoms with van der Waals surface area (Å²) in [7, 11) is 0. The Labute approximate surface area is 297 Å². The topological polar surface area (TPSA) is 130 Å². The maximum absolute atomic E-state index is 13.8. The summed E-state index contributed by atoms with van der Waals surface area (Å²) in [5.41, 5.74) is 4.43. The summed E-state index contributed by atoms with van der Waals surface area (Å²) in [5, 5.41) is 3.04. The Hall–Kier alpha value is -4.91. The Kier molecular flexibility index (Phi) is 9.25. The molecule has 12 nitrogen and oxygen atoms in total. The smallest absolute Gasteiger partial charge is 0.410 e. The van der Waals surface area contributed by atoms with Gasteiger partial charge in [-0.2, -0.15) is 0 Å². The average Bonchev–Trinajstić information content (AvgIpc) is 3.04. The van der Waals surface area contributed by atoms with Crippen molar-refractivity contribution in [2.24, 2.45) is 11.3 Å². The van der Waals surface area contributed by atoms with E-state index < -0.39 is 11.4 Å². The number of ether oxygens (including phenoxy) is 2. The van der Waals surface area contributed by atoms with Gasteiger partial charge in [0.05, 0.1) is 49.5 Å². The molecule has 7 rings (SSSR count). The number of carbonyl (C=O) groups excluding carboxylic acids is 3. The van der Waals surface area contributed by atoms with E-state index in [4.69, 9.17) is 9.47 Å². The molecule has 3 saturated heterocycles. The van der Waals surface area contributed by atoms with Crippen LogP contribution in [0, 0.1) is 17.2 Å². The zero-order valence-corrected chi connectivity index (χ0v) is 29.5. The lowest BCUT2D eigenvalue weighted by Crippen LogP contribution is -2.62. The van der Waals surface area contributed by atoms with E-state index in [1.54, 1.807) is 17.2 Å². The highest BCUT2D eigenvalue weighted by Crippen LogP contribution is 2.54. The van der Waals surface area contributed by atoms with E-state index in [9.17, 15) is 18.8 Å². The van der Waals surface area contributed by atoms with Crippen molar-refractivity contribution in [3.8, 4) is 0 Å². The van der Waals surface area contributed by atoms with Crippen LogP contribution in [-0.4, -0.2) is 101 Å². The molecule has 4 aliphatic rings. The molecule has 3 aliphatic heterocycles. The molecule has 1 aromatic carbocycles. The van der Waals surface area contributed by atoms with Crippen LogP contribution in [0.5, 0.6) is 0 Å². The molecule has 268 valence electrons. The molecular weight excluding hydrogens is 653 g/mol. The molecule has 51 heavy (non-hydrogen) atoms. The summed E-state index contributed by atoms with van der Waals surface area (Å²) in [5.74, 6) is -0.0234. The summed E-state index contributed by atoms with van der Waals surface area (Å²) in [6, 6.07) is 10.8. The molecule has 0 radical (unpaired) electrons. The molecule has 4 fully saturated rings. The standard InChI is InChI=1S/C38H44FN7O5/c1-24(42-34(47)31-18-40-19-32(43-31)44-11-13-45(14-12-44)35(48)28-20-50-21-28)25-5-7-26(8-6-25)33(30-10-9-29(39)17-41-30)27-15-38(16-27)22-46(23-38)36(49)51-37(2,3)4/h5-10,17-19,24,28H,11-16,20-23H2,1-4H3,(H,42,47)/t24-/m1/s1. The third-order valence-electron chi connectivity index (χ3n) is 10.0. The van der Waals surface area contributed by atoms with Gasteiger partial charge in [-0.05, 0) is 63.8 Å². The number of carbonyl (C=O) groups is 3. The number of hydrogen-bond donors (Lipinski definition) is 1. The predicted molar refractivity (Wildman–Crippen MR) is 187 cm³/mol. The first kappa shape index (κ1) is 34.5. The zero-order chi connectivity index (χ0) is 35.9. The third-order valence-corrected chi connectivity index (χ3v) is 10.0. The summed E-state index contributed by atoms with van der Waals surface area (Å²) in [4.78, 5) is 57.4. The molecule has 13 heteroatoms. The Bertz CT molecular complexity index is 1810. The molecule has 1 atom stereocenters. The molecule has 1 spiro atoms. The van der Waals surface area contributed by atoms with Crippen LogP contribution in [0.15, 0.2) is 60.6 Å². The minimum atomic E-state index is -0.538. The van der Waals surface area contributed by atoms with E-state index in [1.807, 2.05) is 61.8 Å². The van der Waals surface area contributed by atoms with Crippen LogP contribution >= 0.6 is 0 Å². The average molecular weight is 698 g/mol. The number of piperazine rings is 1. The highest BCUT2D eigenvalue weighted by atomic mass is 19.1. The van der Waals surface area contributed by atoms with Gasteiger partial charge in [0.1, 0.15) is 22.9 Å². The van der Waals surface area contributed by atoms with Crippen molar-refractivity contribution in [2.45, 2.75) is 52.2 Å². The fourth-order valence-corrected chi connectivity index (χ4v) is 7.23. The Morgan fingerprint density at radius 1 is 0.941 bits per heavy atom. The predicted octanol–water partition coefficient (Wildman–Crippen LogP) is 4.63. The lowest BCUT2D eigenvalue weighted by atomic mass is 9.59. The fourth-order valence-electron chi connectivity index (χ4n) is 7.23. The van der Waals surface area contributed by atoms with Crippen molar-refractivity contribution < 1.29 is 28.2 Å². The highest BCUT2D eigenvalue weighted by Gasteiger charge is 2.53. The normalized spacial score (nSPS) is 19.1. The van der Waals surface area contributed by atoms with Gasteiger partial charge >= 0.3 is 6.09 Å². The second-order valence-electron chi connectivity index (χ2n) is 15.2. The van der Waals surface area contributed by atoms with E-state index in [2.05, 4.69) is 20.3 Å². The quantitative estimate of drug-likeness (QED) is 0.376. The number of halogens is 1. The maximum atomic E-state index is 13.8. The van der Waals surface area contributed by atoms with Gasteiger partial charge in [-0.3, -0.25) is 19.6 Å². The second-order valence-corrected chi connectivity index (χ2v) is 15.2. The van der Waals surface area contributed by atoms with Crippen LogP contribution in [0.3, 0.4) is 0 Å². The number of benzene rings is 1. The summed E-state index contributed by atoms with van der Waals surface area (Å²) in [6.45, 7) is 12.2. The molecular formula is C38H44FN7O5. The maximum Gasteiger partial charge on any atom is 0.410 e. The van der Waals surface area contributed by atoms with Crippen LogP contribution in [0.25, 0.3) is 5.57 Å². The fraction of sp³-hybridized carbons (Fsp3) is 0.474. The Balaban J connectivity index is 0.992. The number of allylic oxidation sites excluding steroid dienone is 1. The van der Waals surface area contributed by atoms with Crippen LogP contribution in [0.4, 0.5) is 15.0 Å². The number of hydrogen-bond acceptors (Lipinski definition) is 9. The molecule has 0 unspecified atom stereocenters. The van der Waals surface area contributed by atoms with Gasteiger partial charge in [-0.25, -0.2) is 14.2 Å². The van der Waals surface area contributed by atoms with Gasteiger partial charge < -0.3 is 29.5 Å². The van der Waals surface area contributed by atoms with Crippen molar-refractivity contribution in [3.63, 3.8) is 0 Å². The SMILES string of the molecule is C[C@@H](NC(=O)c1cncc(N2CCN(C(=O)C3COC3)CC2)n1)c1ccc(C(=C2CC3(C2)CN(C(=O)OC(C)(C)C)C3)c2ccc(F)cn2)cc1. The monoisotopic (exact) mass is 697 g/mol. The van der Waals surface area contributed by atoms with E-state index in [0.29, 0.717) is 64.0 Å². The minimum absolute atomic E-state index is 0.0230. The largest absolute Gasteiger partial charge is 0.444 e. The molecule has 3 aromatic rings. The number of likely N-dealkylation sites (tertiary alicyclic amines) is 1. The number of anilines is 1. The van der Waals surface area contributed by atoms with E-state index in [1.165, 1.54) is 24.0 Å². The van der Waals surface area contributed by atoms with E-state index in [0.717, 1.165) is 29.5 Å². The van der Waals surface area contributed by atoms with Crippen LogP contribution < -0.4 is 10.2 Å². The van der Waals surface area contributed by atoms with Gasteiger partial charge in [-0.1, -0.05) is 29.8 Å². The van der Waals surface area contributed by atoms with Gasteiger partial charge in [0.15, 0.2) is 0 Å². The highest BCUT2D eigenvalue weighted by molar-refractivity contribution is 5.92. The van der Waals surface area contributed by atoms with Gasteiger partial charge in [0, 0.05) is 50.3 Å².